The summed E-state index contributed by atoms with van der Waals surface area (Å²) >= 11 is 0. The Kier molecular flexibility index (Phi) is 7.33. The molecule has 1 spiro atoms. The van der Waals surface area contributed by atoms with E-state index in [2.05, 4.69) is 48.5 Å². The predicted molar refractivity (Wildman–Crippen MR) is 150 cm³/mol. The van der Waals surface area contributed by atoms with Gasteiger partial charge in [0, 0.05) is 12.3 Å². The third kappa shape index (κ3) is 4.40. The molecule has 13 atom stereocenters. The molecular formula is C33H56O6. The summed E-state index contributed by atoms with van der Waals surface area (Å²) in [5.74, 6) is 1.71. The van der Waals surface area contributed by atoms with Crippen molar-refractivity contribution in [3.05, 3.63) is 0 Å². The van der Waals surface area contributed by atoms with Gasteiger partial charge in [-0.05, 0) is 105 Å². The number of fused-ring (bicyclic) bond motifs is 7. The molecule has 4 unspecified atom stereocenters. The van der Waals surface area contributed by atoms with E-state index in [9.17, 15) is 10.2 Å². The molecule has 39 heavy (non-hydrogen) atoms. The third-order valence-electron chi connectivity index (χ3n) is 13.2. The van der Waals surface area contributed by atoms with Gasteiger partial charge < -0.3 is 29.2 Å². The van der Waals surface area contributed by atoms with Crippen molar-refractivity contribution < 1.29 is 29.2 Å². The Labute approximate surface area is 236 Å². The minimum absolute atomic E-state index is 0.0902. The molecule has 2 heterocycles. The first-order chi connectivity index (χ1) is 18.4. The lowest BCUT2D eigenvalue weighted by molar-refractivity contribution is -0.301. The van der Waals surface area contributed by atoms with Gasteiger partial charge in [-0.1, -0.05) is 41.0 Å². The second-order valence-corrected chi connectivity index (χ2v) is 15.6. The SMILES string of the molecule is CCC[C@H](C)[C@@H](O)[C@H](O)[C@@H](C)[C@H]1CCC2C3CC4(OCCO4)C4C[C@@H]5OC(C)(C)O[C@@H]5C[C@]4(C)C3CC[C@@]21C. The van der Waals surface area contributed by atoms with Gasteiger partial charge in [0.1, 0.15) is 0 Å². The van der Waals surface area contributed by atoms with Crippen LogP contribution in [0, 0.1) is 52.3 Å². The molecule has 4 aliphatic carbocycles. The molecule has 224 valence electrons. The molecule has 4 saturated carbocycles. The molecule has 0 radical (unpaired) electrons. The summed E-state index contributed by atoms with van der Waals surface area (Å²) in [6.07, 6.45) is 8.66. The smallest absolute Gasteiger partial charge is 0.172 e. The summed E-state index contributed by atoms with van der Waals surface area (Å²) in [4.78, 5) is 0. The van der Waals surface area contributed by atoms with Crippen LogP contribution >= 0.6 is 0 Å². The number of rotatable bonds is 6. The number of aliphatic hydroxyl groups excluding tert-OH is 2. The van der Waals surface area contributed by atoms with E-state index < -0.39 is 23.8 Å². The zero-order valence-corrected chi connectivity index (χ0v) is 25.7. The summed E-state index contributed by atoms with van der Waals surface area (Å²) in [6, 6.07) is 0. The molecule has 0 aromatic rings. The fraction of sp³-hybridized carbons (Fsp3) is 1.00. The zero-order valence-electron chi connectivity index (χ0n) is 25.7. The van der Waals surface area contributed by atoms with Gasteiger partial charge in [0.2, 0.25) is 0 Å². The molecule has 0 amide bonds. The fourth-order valence-electron chi connectivity index (χ4n) is 11.5. The van der Waals surface area contributed by atoms with Gasteiger partial charge in [0.25, 0.3) is 0 Å². The average Bonchev–Trinajstić information content (AvgIpc) is 3.56. The fourth-order valence-corrected chi connectivity index (χ4v) is 11.5. The van der Waals surface area contributed by atoms with E-state index in [1.165, 1.54) is 19.3 Å². The lowest BCUT2D eigenvalue weighted by atomic mass is 9.42. The van der Waals surface area contributed by atoms with Gasteiger partial charge in [0.15, 0.2) is 11.6 Å². The molecule has 2 aliphatic heterocycles. The molecule has 6 fully saturated rings. The zero-order chi connectivity index (χ0) is 28.0. The van der Waals surface area contributed by atoms with Crippen LogP contribution in [0.25, 0.3) is 0 Å². The van der Waals surface area contributed by atoms with Crippen LogP contribution in [0.1, 0.15) is 106 Å². The van der Waals surface area contributed by atoms with Crippen LogP contribution < -0.4 is 0 Å². The van der Waals surface area contributed by atoms with Crippen LogP contribution in [-0.4, -0.2) is 59.4 Å². The molecule has 6 aliphatic rings. The van der Waals surface area contributed by atoms with Crippen LogP contribution in [0.15, 0.2) is 0 Å². The summed E-state index contributed by atoms with van der Waals surface area (Å²) < 4.78 is 26.2. The lowest BCUT2D eigenvalue weighted by Gasteiger charge is -2.65. The largest absolute Gasteiger partial charge is 0.390 e. The molecule has 0 bridgehead atoms. The lowest BCUT2D eigenvalue weighted by Crippen LogP contribution is -2.65. The summed E-state index contributed by atoms with van der Waals surface area (Å²) in [5.41, 5.74) is 0.263. The molecule has 2 N–H and O–H groups in total. The van der Waals surface area contributed by atoms with Crippen molar-refractivity contribution >= 4 is 0 Å². The van der Waals surface area contributed by atoms with Crippen LogP contribution in [-0.2, 0) is 18.9 Å². The maximum atomic E-state index is 11.4. The Balaban J connectivity index is 1.27. The van der Waals surface area contributed by atoms with Crippen LogP contribution in [0.2, 0.25) is 0 Å². The van der Waals surface area contributed by atoms with E-state index in [-0.39, 0.29) is 34.9 Å². The van der Waals surface area contributed by atoms with Gasteiger partial charge in [-0.2, -0.15) is 0 Å². The van der Waals surface area contributed by atoms with E-state index in [0.29, 0.717) is 42.8 Å². The van der Waals surface area contributed by atoms with Crippen LogP contribution in [0.3, 0.4) is 0 Å². The van der Waals surface area contributed by atoms with Crippen LogP contribution in [0.4, 0.5) is 0 Å². The maximum absolute atomic E-state index is 11.4. The highest BCUT2D eigenvalue weighted by molar-refractivity contribution is 5.16. The monoisotopic (exact) mass is 548 g/mol. The number of hydrogen-bond donors (Lipinski definition) is 2. The quantitative estimate of drug-likeness (QED) is 0.429. The number of ether oxygens (including phenoxy) is 4. The van der Waals surface area contributed by atoms with Crippen molar-refractivity contribution in [2.24, 2.45) is 52.3 Å². The van der Waals surface area contributed by atoms with Crippen LogP contribution in [0.5, 0.6) is 0 Å². The Morgan fingerprint density at radius 1 is 0.821 bits per heavy atom. The molecule has 0 aromatic heterocycles. The summed E-state index contributed by atoms with van der Waals surface area (Å²) in [5, 5.41) is 22.4. The van der Waals surface area contributed by atoms with Crippen molar-refractivity contribution in [3.8, 4) is 0 Å². The van der Waals surface area contributed by atoms with Gasteiger partial charge in [0.05, 0.1) is 37.6 Å². The van der Waals surface area contributed by atoms with Crippen molar-refractivity contribution in [2.45, 2.75) is 142 Å². The minimum Gasteiger partial charge on any atom is -0.390 e. The van der Waals surface area contributed by atoms with E-state index in [1.807, 2.05) is 0 Å². The molecule has 2 saturated heterocycles. The normalized spacial score (nSPS) is 49.0. The standard InChI is InChI=1S/C33H56O6/c1-8-9-19(2)28(34)29(35)20(3)22-10-11-23-21-17-33(36-14-15-37-33)27-16-25-26(39-30(4,5)38-25)18-32(27,7)24(21)12-13-31(22,23)6/h19-29,34-35H,8-18H2,1-7H3/t19-,20-,21?,22+,23?,24?,25-,26+,27?,28+,29+,31+,32+/m0/s1. The topological polar surface area (TPSA) is 77.4 Å². The van der Waals surface area contributed by atoms with Gasteiger partial charge in [-0.3, -0.25) is 0 Å². The highest BCUT2D eigenvalue weighted by Gasteiger charge is 2.70. The summed E-state index contributed by atoms with van der Waals surface area (Å²) in [6.45, 7) is 17.0. The molecule has 6 rings (SSSR count). The van der Waals surface area contributed by atoms with E-state index in [1.54, 1.807) is 0 Å². The molecule has 6 heteroatoms. The maximum Gasteiger partial charge on any atom is 0.172 e. The average molecular weight is 549 g/mol. The van der Waals surface area contributed by atoms with Crippen molar-refractivity contribution in [3.63, 3.8) is 0 Å². The van der Waals surface area contributed by atoms with E-state index >= 15 is 0 Å². The third-order valence-corrected chi connectivity index (χ3v) is 13.2. The Morgan fingerprint density at radius 2 is 1.49 bits per heavy atom. The highest BCUT2D eigenvalue weighted by atomic mass is 16.8. The van der Waals surface area contributed by atoms with Gasteiger partial charge in [-0.25, -0.2) is 0 Å². The first-order valence-electron chi connectivity index (χ1n) is 16.3. The molecular weight excluding hydrogens is 492 g/mol. The van der Waals surface area contributed by atoms with Crippen molar-refractivity contribution in [2.75, 3.05) is 13.2 Å². The first kappa shape index (κ1) is 28.9. The number of aliphatic hydroxyl groups is 2. The van der Waals surface area contributed by atoms with Crippen molar-refractivity contribution in [1.29, 1.82) is 0 Å². The second kappa shape index (κ2) is 9.91. The van der Waals surface area contributed by atoms with Gasteiger partial charge in [-0.15, -0.1) is 0 Å². The minimum atomic E-state index is -0.663. The molecule has 6 nitrogen and oxygen atoms in total. The number of hydrogen-bond acceptors (Lipinski definition) is 6. The highest BCUT2D eigenvalue weighted by Crippen LogP contribution is 2.71. The molecule has 0 aromatic carbocycles. The second-order valence-electron chi connectivity index (χ2n) is 15.6. The van der Waals surface area contributed by atoms with Crippen molar-refractivity contribution in [1.82, 2.24) is 0 Å². The Bertz CT molecular complexity index is 901. The van der Waals surface area contributed by atoms with Gasteiger partial charge >= 0.3 is 0 Å². The Hall–Kier alpha value is -0.240. The first-order valence-corrected chi connectivity index (χ1v) is 16.3. The predicted octanol–water partition coefficient (Wildman–Crippen LogP) is 5.92. The Morgan fingerprint density at radius 3 is 2.18 bits per heavy atom. The summed E-state index contributed by atoms with van der Waals surface area (Å²) in [7, 11) is 0. The van der Waals surface area contributed by atoms with E-state index in [4.69, 9.17) is 18.9 Å². The van der Waals surface area contributed by atoms with E-state index in [0.717, 1.165) is 38.5 Å².